The van der Waals surface area contributed by atoms with E-state index in [1.54, 1.807) is 18.4 Å². The largest absolute Gasteiger partial charge is 0.497 e. The summed E-state index contributed by atoms with van der Waals surface area (Å²) in [4.78, 5) is 16.7. The Morgan fingerprint density at radius 1 is 1.00 bits per heavy atom. The predicted octanol–water partition coefficient (Wildman–Crippen LogP) is 5.55. The number of rotatable bonds is 5. The van der Waals surface area contributed by atoms with Gasteiger partial charge in [-0.1, -0.05) is 32.9 Å². The summed E-state index contributed by atoms with van der Waals surface area (Å²) in [6, 6.07) is 15.4. The van der Waals surface area contributed by atoms with Gasteiger partial charge in [0.25, 0.3) is 0 Å². The number of aromatic nitrogens is 1. The van der Waals surface area contributed by atoms with E-state index in [0.717, 1.165) is 33.5 Å². The standard InChI is InChI=1S/C21H23N3O2S/c1-21(2,3)19(25)22-15-7-5-14(6-8-15)18-13-27-20(24-18)23-16-9-11-17(26-4)12-10-16/h5-13H,1-4H3,(H,22,25)(H,23,24). The molecule has 0 fully saturated rings. The van der Waals surface area contributed by atoms with Gasteiger partial charge in [0.1, 0.15) is 5.75 Å². The lowest BCUT2D eigenvalue weighted by Gasteiger charge is -2.17. The minimum absolute atomic E-state index is 0.00474. The molecule has 2 aromatic carbocycles. The molecule has 0 bridgehead atoms. The summed E-state index contributed by atoms with van der Waals surface area (Å²) in [6.45, 7) is 5.68. The van der Waals surface area contributed by atoms with Gasteiger partial charge in [0.05, 0.1) is 12.8 Å². The highest BCUT2D eigenvalue weighted by molar-refractivity contribution is 7.14. The summed E-state index contributed by atoms with van der Waals surface area (Å²) in [6.07, 6.45) is 0. The minimum Gasteiger partial charge on any atom is -0.497 e. The molecule has 0 radical (unpaired) electrons. The number of carbonyl (C=O) groups excluding carboxylic acids is 1. The highest BCUT2D eigenvalue weighted by Crippen LogP contribution is 2.29. The Hall–Kier alpha value is -2.86. The second-order valence-electron chi connectivity index (χ2n) is 7.17. The Bertz CT molecular complexity index is 910. The van der Waals surface area contributed by atoms with Crippen LogP contribution in [0.2, 0.25) is 0 Å². The third-order valence-electron chi connectivity index (χ3n) is 3.97. The van der Waals surface area contributed by atoms with Gasteiger partial charge in [-0.15, -0.1) is 11.3 Å². The van der Waals surface area contributed by atoms with Gasteiger partial charge in [-0.25, -0.2) is 4.98 Å². The van der Waals surface area contributed by atoms with Crippen LogP contribution in [0.25, 0.3) is 11.3 Å². The predicted molar refractivity (Wildman–Crippen MR) is 112 cm³/mol. The molecule has 6 heteroatoms. The average Bonchev–Trinajstić information content (AvgIpc) is 3.10. The molecule has 3 rings (SSSR count). The molecular weight excluding hydrogens is 358 g/mol. The number of benzene rings is 2. The van der Waals surface area contributed by atoms with Crippen molar-refractivity contribution in [3.05, 3.63) is 53.9 Å². The van der Waals surface area contributed by atoms with Crippen molar-refractivity contribution in [3.8, 4) is 17.0 Å². The minimum atomic E-state index is -0.421. The zero-order chi connectivity index (χ0) is 19.4. The van der Waals surface area contributed by atoms with Crippen molar-refractivity contribution in [2.24, 2.45) is 5.41 Å². The Balaban J connectivity index is 1.67. The first-order chi connectivity index (χ1) is 12.8. The van der Waals surface area contributed by atoms with Gasteiger partial charge in [0.2, 0.25) is 5.91 Å². The summed E-state index contributed by atoms with van der Waals surface area (Å²) < 4.78 is 5.17. The molecule has 0 spiro atoms. The first kappa shape index (κ1) is 18.9. The molecule has 0 aliphatic rings. The number of thiazole rings is 1. The summed E-state index contributed by atoms with van der Waals surface area (Å²) in [7, 11) is 1.65. The lowest BCUT2D eigenvalue weighted by molar-refractivity contribution is -0.123. The molecule has 0 unspecified atom stereocenters. The van der Waals surface area contributed by atoms with Gasteiger partial charge < -0.3 is 15.4 Å². The van der Waals surface area contributed by atoms with Crippen LogP contribution >= 0.6 is 11.3 Å². The third-order valence-corrected chi connectivity index (χ3v) is 4.72. The smallest absolute Gasteiger partial charge is 0.229 e. The van der Waals surface area contributed by atoms with Crippen molar-refractivity contribution in [1.82, 2.24) is 4.98 Å². The number of amides is 1. The van der Waals surface area contributed by atoms with Crippen LogP contribution in [0, 0.1) is 5.41 Å². The van der Waals surface area contributed by atoms with Crippen LogP contribution in [0.4, 0.5) is 16.5 Å². The fourth-order valence-corrected chi connectivity index (χ4v) is 3.04. The van der Waals surface area contributed by atoms with Crippen LogP contribution in [-0.4, -0.2) is 18.0 Å². The zero-order valence-electron chi connectivity index (χ0n) is 15.9. The van der Waals surface area contributed by atoms with Crippen molar-refractivity contribution in [3.63, 3.8) is 0 Å². The lowest BCUT2D eigenvalue weighted by atomic mass is 9.95. The highest BCUT2D eigenvalue weighted by atomic mass is 32.1. The van der Waals surface area contributed by atoms with E-state index in [1.807, 2.05) is 74.7 Å². The highest BCUT2D eigenvalue weighted by Gasteiger charge is 2.21. The molecule has 3 aromatic rings. The molecular formula is C21H23N3O2S. The number of anilines is 3. The van der Waals surface area contributed by atoms with Crippen molar-refractivity contribution in [2.45, 2.75) is 20.8 Å². The maximum absolute atomic E-state index is 12.1. The summed E-state index contributed by atoms with van der Waals surface area (Å²) in [5.41, 5.74) is 3.21. The first-order valence-electron chi connectivity index (χ1n) is 8.63. The topological polar surface area (TPSA) is 63.2 Å². The molecule has 0 atom stereocenters. The molecule has 1 heterocycles. The van der Waals surface area contributed by atoms with Gasteiger partial charge in [-0.2, -0.15) is 0 Å². The molecule has 1 aromatic heterocycles. The number of hydrogen-bond donors (Lipinski definition) is 2. The van der Waals surface area contributed by atoms with Crippen molar-refractivity contribution < 1.29 is 9.53 Å². The van der Waals surface area contributed by atoms with Crippen LogP contribution in [0.15, 0.2) is 53.9 Å². The quantitative estimate of drug-likeness (QED) is 0.608. The summed E-state index contributed by atoms with van der Waals surface area (Å²) in [5, 5.41) is 9.05. The molecule has 0 aliphatic heterocycles. The molecule has 0 aliphatic carbocycles. The zero-order valence-corrected chi connectivity index (χ0v) is 16.7. The Labute approximate surface area is 163 Å². The molecule has 27 heavy (non-hydrogen) atoms. The molecule has 0 saturated heterocycles. The summed E-state index contributed by atoms with van der Waals surface area (Å²) in [5.74, 6) is 0.814. The van der Waals surface area contributed by atoms with Crippen LogP contribution in [0.5, 0.6) is 5.75 Å². The van der Waals surface area contributed by atoms with Crippen LogP contribution < -0.4 is 15.4 Å². The van der Waals surface area contributed by atoms with E-state index < -0.39 is 5.41 Å². The second kappa shape index (κ2) is 7.80. The van der Waals surface area contributed by atoms with E-state index in [4.69, 9.17) is 4.74 Å². The van der Waals surface area contributed by atoms with Crippen LogP contribution in [0.3, 0.4) is 0 Å². The Morgan fingerprint density at radius 2 is 1.63 bits per heavy atom. The van der Waals surface area contributed by atoms with Crippen LogP contribution in [0.1, 0.15) is 20.8 Å². The van der Waals surface area contributed by atoms with E-state index >= 15 is 0 Å². The second-order valence-corrected chi connectivity index (χ2v) is 8.03. The van der Waals surface area contributed by atoms with Gasteiger partial charge >= 0.3 is 0 Å². The van der Waals surface area contributed by atoms with Crippen molar-refractivity contribution in [2.75, 3.05) is 17.7 Å². The summed E-state index contributed by atoms with van der Waals surface area (Å²) >= 11 is 1.54. The maximum atomic E-state index is 12.1. The number of carbonyl (C=O) groups is 1. The van der Waals surface area contributed by atoms with E-state index in [2.05, 4.69) is 15.6 Å². The number of ether oxygens (including phenoxy) is 1. The van der Waals surface area contributed by atoms with E-state index in [9.17, 15) is 4.79 Å². The van der Waals surface area contributed by atoms with Crippen LogP contribution in [-0.2, 0) is 4.79 Å². The van der Waals surface area contributed by atoms with Gasteiger partial charge in [0, 0.05) is 27.7 Å². The van der Waals surface area contributed by atoms with E-state index in [0.29, 0.717) is 0 Å². The lowest BCUT2D eigenvalue weighted by Crippen LogP contribution is -2.27. The molecule has 0 saturated carbocycles. The SMILES string of the molecule is COc1ccc(Nc2nc(-c3ccc(NC(=O)C(C)(C)C)cc3)cs2)cc1. The number of nitrogens with one attached hydrogen (secondary N) is 2. The average molecular weight is 382 g/mol. The number of nitrogens with zero attached hydrogens (tertiary/aromatic N) is 1. The van der Waals surface area contributed by atoms with Crippen molar-refractivity contribution >= 4 is 33.8 Å². The number of methoxy groups -OCH3 is 1. The Kier molecular flexibility index (Phi) is 5.46. The number of hydrogen-bond acceptors (Lipinski definition) is 5. The van der Waals surface area contributed by atoms with Gasteiger partial charge in [-0.05, 0) is 36.4 Å². The Morgan fingerprint density at radius 3 is 2.22 bits per heavy atom. The van der Waals surface area contributed by atoms with Gasteiger partial charge in [-0.3, -0.25) is 4.79 Å². The van der Waals surface area contributed by atoms with E-state index in [1.165, 1.54) is 0 Å². The maximum Gasteiger partial charge on any atom is 0.229 e. The molecule has 1 amide bonds. The first-order valence-corrected chi connectivity index (χ1v) is 9.51. The third kappa shape index (κ3) is 4.86. The van der Waals surface area contributed by atoms with Crippen molar-refractivity contribution in [1.29, 1.82) is 0 Å². The molecule has 2 N–H and O–H groups in total. The van der Waals surface area contributed by atoms with E-state index in [-0.39, 0.29) is 5.91 Å². The monoisotopic (exact) mass is 381 g/mol. The van der Waals surface area contributed by atoms with Gasteiger partial charge in [0.15, 0.2) is 5.13 Å². The fraction of sp³-hybridized carbons (Fsp3) is 0.238. The normalized spacial score (nSPS) is 11.1. The fourth-order valence-electron chi connectivity index (χ4n) is 2.30. The molecule has 5 nitrogen and oxygen atoms in total. The molecule has 140 valence electrons.